The first-order valence-corrected chi connectivity index (χ1v) is 11.8. The second-order valence-electron chi connectivity index (χ2n) is 9.45. The molecule has 2 aromatic rings. The predicted octanol–water partition coefficient (Wildman–Crippen LogP) is 5.71. The van der Waals surface area contributed by atoms with E-state index in [-0.39, 0.29) is 11.8 Å². The molecule has 2 rings (SSSR count). The number of ether oxygens (including phenoxy) is 1. The third kappa shape index (κ3) is 6.94. The second-order valence-corrected chi connectivity index (χ2v) is 9.45. The van der Waals surface area contributed by atoms with Crippen molar-refractivity contribution in [2.24, 2.45) is 11.8 Å². The van der Waals surface area contributed by atoms with Crippen LogP contribution in [0.4, 0.5) is 0 Å². The van der Waals surface area contributed by atoms with Gasteiger partial charge < -0.3 is 9.64 Å². The molecule has 6 nitrogen and oxygen atoms in total. The van der Waals surface area contributed by atoms with Crippen molar-refractivity contribution in [2.75, 3.05) is 19.7 Å². The molecule has 6 heteroatoms. The van der Waals surface area contributed by atoms with E-state index in [0.717, 1.165) is 37.3 Å². The van der Waals surface area contributed by atoms with Gasteiger partial charge in [0.25, 0.3) is 5.91 Å². The van der Waals surface area contributed by atoms with E-state index in [9.17, 15) is 9.59 Å². The van der Waals surface area contributed by atoms with Gasteiger partial charge in [0.05, 0.1) is 12.3 Å². The quantitative estimate of drug-likeness (QED) is 0.419. The van der Waals surface area contributed by atoms with Gasteiger partial charge in [-0.25, -0.2) is 9.48 Å². The van der Waals surface area contributed by atoms with Crippen molar-refractivity contribution in [3.05, 3.63) is 47.3 Å². The first kappa shape index (κ1) is 25.6. The van der Waals surface area contributed by atoms with E-state index in [0.29, 0.717) is 29.7 Å². The maximum absolute atomic E-state index is 13.2. The van der Waals surface area contributed by atoms with Gasteiger partial charge in [-0.05, 0) is 67.9 Å². The summed E-state index contributed by atoms with van der Waals surface area (Å²) in [6, 6.07) is 9.27. The predicted molar refractivity (Wildman–Crippen MR) is 128 cm³/mol. The number of carbonyl (C=O) groups is 2. The lowest BCUT2D eigenvalue weighted by molar-refractivity contribution is 0.0518. The molecule has 32 heavy (non-hydrogen) atoms. The van der Waals surface area contributed by atoms with Crippen LogP contribution >= 0.6 is 0 Å². The lowest BCUT2D eigenvalue weighted by Crippen LogP contribution is -2.34. The Labute approximate surface area is 192 Å². The lowest BCUT2D eigenvalue weighted by atomic mass is 10.1. The van der Waals surface area contributed by atoms with E-state index in [1.54, 1.807) is 17.7 Å². The molecule has 0 unspecified atom stereocenters. The molecule has 0 spiro atoms. The third-order valence-corrected chi connectivity index (χ3v) is 5.41. The van der Waals surface area contributed by atoms with Crippen molar-refractivity contribution >= 4 is 11.9 Å². The Morgan fingerprint density at radius 3 is 2.00 bits per heavy atom. The molecule has 1 heterocycles. The number of benzene rings is 1. The molecule has 0 aliphatic rings. The molecule has 0 radical (unpaired) electrons. The van der Waals surface area contributed by atoms with E-state index < -0.39 is 5.97 Å². The van der Waals surface area contributed by atoms with Crippen molar-refractivity contribution < 1.29 is 14.3 Å². The van der Waals surface area contributed by atoms with Crippen molar-refractivity contribution in [1.82, 2.24) is 14.7 Å². The van der Waals surface area contributed by atoms with Gasteiger partial charge in [-0.2, -0.15) is 5.10 Å². The molecule has 0 fully saturated rings. The SMILES string of the molecule is CCOC(=O)c1cc(C(C)C)n(-c2ccc(C(=O)N(CCC(C)C)CCC(C)C)cc2)n1. The number of aromatic nitrogens is 2. The highest BCUT2D eigenvalue weighted by Gasteiger charge is 2.20. The number of nitrogens with zero attached hydrogens (tertiary/aromatic N) is 3. The summed E-state index contributed by atoms with van der Waals surface area (Å²) < 4.78 is 6.87. The highest BCUT2D eigenvalue weighted by atomic mass is 16.5. The molecule has 0 saturated heterocycles. The summed E-state index contributed by atoms with van der Waals surface area (Å²) in [5.41, 5.74) is 2.70. The highest BCUT2D eigenvalue weighted by Crippen LogP contribution is 2.22. The van der Waals surface area contributed by atoms with E-state index in [4.69, 9.17) is 4.74 Å². The number of hydrogen-bond acceptors (Lipinski definition) is 4. The topological polar surface area (TPSA) is 64.4 Å². The number of amides is 1. The standard InChI is InChI=1S/C26H39N3O3/c1-8-32-26(31)23-17-24(20(6)7)29(27-23)22-11-9-21(10-12-22)25(30)28(15-13-18(2)3)16-14-19(4)5/h9-12,17-20H,8,13-16H2,1-7H3. The summed E-state index contributed by atoms with van der Waals surface area (Å²) in [6.07, 6.45) is 1.98. The van der Waals surface area contributed by atoms with Crippen LogP contribution in [0.25, 0.3) is 5.69 Å². The summed E-state index contributed by atoms with van der Waals surface area (Å²) in [6.45, 7) is 16.5. The first-order chi connectivity index (χ1) is 15.1. The number of rotatable bonds is 11. The van der Waals surface area contributed by atoms with Gasteiger partial charge in [0.15, 0.2) is 5.69 Å². The second kappa shape index (κ2) is 11.8. The Balaban J connectivity index is 2.27. The Hall–Kier alpha value is -2.63. The summed E-state index contributed by atoms with van der Waals surface area (Å²) in [4.78, 5) is 27.3. The van der Waals surface area contributed by atoms with Crippen LogP contribution in [0.3, 0.4) is 0 Å². The molecular formula is C26H39N3O3. The normalized spacial score (nSPS) is 11.4. The Kier molecular flexibility index (Phi) is 9.48. The van der Waals surface area contributed by atoms with Gasteiger partial charge in [0.1, 0.15) is 0 Å². The molecular weight excluding hydrogens is 402 g/mol. The zero-order valence-electron chi connectivity index (χ0n) is 20.7. The monoisotopic (exact) mass is 441 g/mol. The fourth-order valence-corrected chi connectivity index (χ4v) is 3.39. The van der Waals surface area contributed by atoms with Gasteiger partial charge in [0, 0.05) is 24.3 Å². The Morgan fingerprint density at radius 2 is 1.53 bits per heavy atom. The van der Waals surface area contributed by atoms with Gasteiger partial charge in [-0.3, -0.25) is 4.79 Å². The summed E-state index contributed by atoms with van der Waals surface area (Å²) >= 11 is 0. The van der Waals surface area contributed by atoms with Crippen LogP contribution in [0.5, 0.6) is 0 Å². The fourth-order valence-electron chi connectivity index (χ4n) is 3.39. The summed E-state index contributed by atoms with van der Waals surface area (Å²) in [5.74, 6) is 0.916. The number of carbonyl (C=O) groups excluding carboxylic acids is 2. The van der Waals surface area contributed by atoms with Crippen LogP contribution in [0, 0.1) is 11.8 Å². The van der Waals surface area contributed by atoms with Gasteiger partial charge >= 0.3 is 5.97 Å². The maximum Gasteiger partial charge on any atom is 0.358 e. The Morgan fingerprint density at radius 1 is 0.969 bits per heavy atom. The average molecular weight is 442 g/mol. The zero-order valence-corrected chi connectivity index (χ0v) is 20.7. The fraction of sp³-hybridized carbons (Fsp3) is 0.577. The van der Waals surface area contributed by atoms with Crippen LogP contribution in [0.1, 0.15) is 93.8 Å². The molecule has 0 atom stereocenters. The zero-order chi connectivity index (χ0) is 23.8. The van der Waals surface area contributed by atoms with Crippen molar-refractivity contribution in [2.45, 2.75) is 67.2 Å². The largest absolute Gasteiger partial charge is 0.461 e. The summed E-state index contributed by atoms with van der Waals surface area (Å²) in [5, 5.41) is 4.47. The molecule has 1 amide bonds. The lowest BCUT2D eigenvalue weighted by Gasteiger charge is -2.25. The average Bonchev–Trinajstić information content (AvgIpc) is 3.19. The van der Waals surface area contributed by atoms with Crippen molar-refractivity contribution in [3.63, 3.8) is 0 Å². The van der Waals surface area contributed by atoms with E-state index in [2.05, 4.69) is 46.6 Å². The van der Waals surface area contributed by atoms with E-state index in [1.165, 1.54) is 0 Å². The maximum atomic E-state index is 13.2. The van der Waals surface area contributed by atoms with Gasteiger partial charge in [-0.15, -0.1) is 0 Å². The van der Waals surface area contributed by atoms with Gasteiger partial charge in [0.2, 0.25) is 0 Å². The molecule has 0 aliphatic heterocycles. The van der Waals surface area contributed by atoms with Crippen LogP contribution < -0.4 is 0 Å². The minimum atomic E-state index is -0.425. The van der Waals surface area contributed by atoms with Crippen LogP contribution in [-0.2, 0) is 4.74 Å². The smallest absolute Gasteiger partial charge is 0.358 e. The molecule has 0 aliphatic carbocycles. The molecule has 1 aromatic heterocycles. The third-order valence-electron chi connectivity index (χ3n) is 5.41. The molecule has 0 bridgehead atoms. The van der Waals surface area contributed by atoms with Crippen LogP contribution in [0.15, 0.2) is 30.3 Å². The van der Waals surface area contributed by atoms with Crippen LogP contribution in [-0.4, -0.2) is 46.3 Å². The van der Waals surface area contributed by atoms with Crippen molar-refractivity contribution in [1.29, 1.82) is 0 Å². The highest BCUT2D eigenvalue weighted by molar-refractivity contribution is 5.94. The minimum absolute atomic E-state index is 0.0645. The number of esters is 1. The van der Waals surface area contributed by atoms with E-state index in [1.807, 2.05) is 29.2 Å². The molecule has 1 aromatic carbocycles. The van der Waals surface area contributed by atoms with Crippen LogP contribution in [0.2, 0.25) is 0 Å². The molecule has 176 valence electrons. The Bertz CT molecular complexity index is 870. The molecule has 0 N–H and O–H groups in total. The minimum Gasteiger partial charge on any atom is -0.461 e. The summed E-state index contributed by atoms with van der Waals surface area (Å²) in [7, 11) is 0. The van der Waals surface area contributed by atoms with Gasteiger partial charge in [-0.1, -0.05) is 41.5 Å². The molecule has 0 saturated carbocycles. The van der Waals surface area contributed by atoms with E-state index >= 15 is 0 Å². The number of hydrogen-bond donors (Lipinski definition) is 0. The first-order valence-electron chi connectivity index (χ1n) is 11.8. The van der Waals surface area contributed by atoms with Crippen molar-refractivity contribution in [3.8, 4) is 5.69 Å².